The van der Waals surface area contributed by atoms with E-state index in [2.05, 4.69) is 31.3 Å². The lowest BCUT2D eigenvalue weighted by Crippen LogP contribution is -2.48. The molecule has 1 heterocycles. The molecule has 0 aromatic heterocycles. The van der Waals surface area contributed by atoms with Gasteiger partial charge in [-0.25, -0.2) is 0 Å². The number of hydrogen-bond acceptors (Lipinski definition) is 3. The molecule has 0 radical (unpaired) electrons. The van der Waals surface area contributed by atoms with Crippen LogP contribution in [0.1, 0.15) is 31.9 Å². The van der Waals surface area contributed by atoms with Crippen molar-refractivity contribution in [3.8, 4) is 0 Å². The van der Waals surface area contributed by atoms with E-state index in [1.807, 2.05) is 18.2 Å². The van der Waals surface area contributed by atoms with Gasteiger partial charge in [0.1, 0.15) is 0 Å². The van der Waals surface area contributed by atoms with Crippen molar-refractivity contribution in [3.63, 3.8) is 0 Å². The maximum Gasteiger partial charge on any atom is 0.0616 e. The summed E-state index contributed by atoms with van der Waals surface area (Å²) >= 11 is 0. The molecule has 2 rings (SSSR count). The summed E-state index contributed by atoms with van der Waals surface area (Å²) in [6.45, 7) is 4.50. The highest BCUT2D eigenvalue weighted by atomic mass is 16.3. The van der Waals surface area contributed by atoms with Crippen LogP contribution in [-0.2, 0) is 0 Å². The molecule has 1 saturated heterocycles. The highest BCUT2D eigenvalue weighted by molar-refractivity contribution is 5.23. The molecule has 1 aliphatic rings. The van der Waals surface area contributed by atoms with Crippen LogP contribution in [0.2, 0.25) is 0 Å². The van der Waals surface area contributed by atoms with Crippen LogP contribution in [-0.4, -0.2) is 29.0 Å². The fraction of sp³-hybridized carbons (Fsp3) is 0.600. The van der Waals surface area contributed by atoms with Gasteiger partial charge in [-0.1, -0.05) is 44.2 Å². The number of rotatable bonds is 4. The average molecular weight is 249 g/mol. The molecule has 1 aromatic rings. The minimum Gasteiger partial charge on any atom is -0.396 e. The van der Waals surface area contributed by atoms with Crippen molar-refractivity contribution >= 4 is 0 Å². The largest absolute Gasteiger partial charge is 0.396 e. The molecule has 1 aromatic carbocycles. The Morgan fingerprint density at radius 2 is 1.94 bits per heavy atom. The van der Waals surface area contributed by atoms with Crippen LogP contribution in [0.5, 0.6) is 0 Å². The van der Waals surface area contributed by atoms with Gasteiger partial charge in [-0.2, -0.15) is 0 Å². The van der Waals surface area contributed by atoms with Crippen molar-refractivity contribution in [3.05, 3.63) is 35.9 Å². The zero-order valence-electron chi connectivity index (χ0n) is 11.1. The summed E-state index contributed by atoms with van der Waals surface area (Å²) < 4.78 is 0. The van der Waals surface area contributed by atoms with Gasteiger partial charge in [0.2, 0.25) is 0 Å². The molecule has 0 amide bonds. The smallest absolute Gasteiger partial charge is 0.0616 e. The fourth-order valence-corrected chi connectivity index (χ4v) is 2.95. The summed E-state index contributed by atoms with van der Waals surface area (Å²) in [6, 6.07) is 10.3. The van der Waals surface area contributed by atoms with E-state index >= 15 is 0 Å². The minimum absolute atomic E-state index is 0.116. The van der Waals surface area contributed by atoms with Crippen molar-refractivity contribution in [1.82, 2.24) is 5.32 Å². The Morgan fingerprint density at radius 3 is 2.44 bits per heavy atom. The highest BCUT2D eigenvalue weighted by Gasteiger charge is 2.46. The second kappa shape index (κ2) is 5.39. The SMILES string of the molecule is CC(C)[C@@]1(CO)C[C@H](CO)[C@H](c2ccccc2)N1. The minimum atomic E-state index is -0.270. The predicted molar refractivity (Wildman–Crippen MR) is 72.2 cm³/mol. The predicted octanol–water partition coefficient (Wildman–Crippen LogP) is 1.72. The van der Waals surface area contributed by atoms with Gasteiger partial charge >= 0.3 is 0 Å². The molecule has 0 spiro atoms. The third kappa shape index (κ3) is 2.30. The number of aliphatic hydroxyl groups excluding tert-OH is 2. The number of hydrogen-bond donors (Lipinski definition) is 3. The standard InChI is InChI=1S/C15H23NO2/c1-11(2)15(10-18)8-13(9-17)14(16-15)12-6-4-3-5-7-12/h3-7,11,13-14,16-18H,8-10H2,1-2H3/t13-,14+,15+/m1/s1. The van der Waals surface area contributed by atoms with E-state index in [-0.39, 0.29) is 30.7 Å². The monoisotopic (exact) mass is 249 g/mol. The maximum atomic E-state index is 9.72. The fourth-order valence-electron chi connectivity index (χ4n) is 2.95. The molecule has 1 fully saturated rings. The second-order valence-electron chi connectivity index (χ2n) is 5.65. The van der Waals surface area contributed by atoms with E-state index in [1.54, 1.807) is 0 Å². The molecule has 0 saturated carbocycles. The first-order valence-corrected chi connectivity index (χ1v) is 6.67. The zero-order chi connectivity index (χ0) is 13.2. The summed E-state index contributed by atoms with van der Waals surface area (Å²) in [5, 5.41) is 22.9. The number of nitrogens with one attached hydrogen (secondary N) is 1. The number of aliphatic hydroxyl groups is 2. The van der Waals surface area contributed by atoms with Gasteiger partial charge in [0.25, 0.3) is 0 Å². The summed E-state index contributed by atoms with van der Waals surface area (Å²) in [7, 11) is 0. The van der Waals surface area contributed by atoms with E-state index < -0.39 is 0 Å². The Kier molecular flexibility index (Phi) is 4.05. The molecule has 1 aliphatic heterocycles. The van der Waals surface area contributed by atoms with Crippen LogP contribution in [0.25, 0.3) is 0 Å². The van der Waals surface area contributed by atoms with Gasteiger partial charge in [-0.05, 0) is 17.9 Å². The van der Waals surface area contributed by atoms with Crippen LogP contribution < -0.4 is 5.32 Å². The lowest BCUT2D eigenvalue weighted by Gasteiger charge is -2.32. The molecule has 0 bridgehead atoms. The van der Waals surface area contributed by atoms with E-state index in [0.29, 0.717) is 5.92 Å². The van der Waals surface area contributed by atoms with Crippen LogP contribution in [0, 0.1) is 11.8 Å². The molecule has 0 aliphatic carbocycles. The van der Waals surface area contributed by atoms with Gasteiger partial charge in [0, 0.05) is 24.1 Å². The molecule has 3 heteroatoms. The topological polar surface area (TPSA) is 52.5 Å². The lowest BCUT2D eigenvalue weighted by molar-refractivity contribution is 0.126. The first kappa shape index (κ1) is 13.5. The first-order chi connectivity index (χ1) is 8.63. The normalized spacial score (nSPS) is 32.1. The Balaban J connectivity index is 2.27. The number of benzene rings is 1. The van der Waals surface area contributed by atoms with Crippen molar-refractivity contribution < 1.29 is 10.2 Å². The Bertz CT molecular complexity index is 379. The van der Waals surface area contributed by atoms with E-state index in [0.717, 1.165) is 6.42 Å². The summed E-state index contributed by atoms with van der Waals surface area (Å²) in [5.74, 6) is 0.507. The van der Waals surface area contributed by atoms with Gasteiger partial charge < -0.3 is 15.5 Å². The van der Waals surface area contributed by atoms with Crippen molar-refractivity contribution in [2.75, 3.05) is 13.2 Å². The molecule has 0 unspecified atom stereocenters. The first-order valence-electron chi connectivity index (χ1n) is 6.67. The third-order valence-corrected chi connectivity index (χ3v) is 4.32. The molecule has 3 nitrogen and oxygen atoms in total. The van der Waals surface area contributed by atoms with Crippen LogP contribution in [0.3, 0.4) is 0 Å². The second-order valence-corrected chi connectivity index (χ2v) is 5.65. The molecule has 18 heavy (non-hydrogen) atoms. The van der Waals surface area contributed by atoms with Crippen molar-refractivity contribution in [2.24, 2.45) is 11.8 Å². The van der Waals surface area contributed by atoms with Crippen molar-refractivity contribution in [2.45, 2.75) is 31.8 Å². The van der Waals surface area contributed by atoms with Crippen molar-refractivity contribution in [1.29, 1.82) is 0 Å². The maximum absolute atomic E-state index is 9.72. The van der Waals surface area contributed by atoms with E-state index in [4.69, 9.17) is 0 Å². The van der Waals surface area contributed by atoms with Gasteiger partial charge in [-0.15, -0.1) is 0 Å². The zero-order valence-corrected chi connectivity index (χ0v) is 11.1. The lowest BCUT2D eigenvalue weighted by atomic mass is 9.83. The third-order valence-electron chi connectivity index (χ3n) is 4.32. The van der Waals surface area contributed by atoms with Gasteiger partial charge in [0.05, 0.1) is 6.61 Å². The summed E-state index contributed by atoms with van der Waals surface area (Å²) in [6.07, 6.45) is 0.817. The summed E-state index contributed by atoms with van der Waals surface area (Å²) in [5.41, 5.74) is 0.918. The van der Waals surface area contributed by atoms with Crippen LogP contribution >= 0.6 is 0 Å². The molecule has 3 atom stereocenters. The average Bonchev–Trinajstić information content (AvgIpc) is 2.80. The Morgan fingerprint density at radius 1 is 1.28 bits per heavy atom. The quantitative estimate of drug-likeness (QED) is 0.761. The van der Waals surface area contributed by atoms with E-state index in [9.17, 15) is 10.2 Å². The summed E-state index contributed by atoms with van der Waals surface area (Å²) in [4.78, 5) is 0. The highest BCUT2D eigenvalue weighted by Crippen LogP contribution is 2.41. The Hall–Kier alpha value is -0.900. The molecular weight excluding hydrogens is 226 g/mol. The molecule has 3 N–H and O–H groups in total. The van der Waals surface area contributed by atoms with Crippen LogP contribution in [0.4, 0.5) is 0 Å². The van der Waals surface area contributed by atoms with Gasteiger partial charge in [0.15, 0.2) is 0 Å². The molecule has 100 valence electrons. The Labute approximate surface area is 109 Å². The van der Waals surface area contributed by atoms with Crippen LogP contribution in [0.15, 0.2) is 30.3 Å². The van der Waals surface area contributed by atoms with E-state index in [1.165, 1.54) is 5.56 Å². The molecular formula is C15H23NO2. The van der Waals surface area contributed by atoms with Gasteiger partial charge in [-0.3, -0.25) is 0 Å².